The SMILES string of the molecule is c1ccc(-c2cccc(-c3sc(-c4cccc(-c5cccc6c5oc5ccccc56)c4-c4ccccc4)c4ccccc34)c2)cc1. The normalized spacial score (nSPS) is 11.5. The molecule has 0 atom stereocenters. The highest BCUT2D eigenvalue weighted by Crippen LogP contribution is 2.50. The quantitative estimate of drug-likeness (QED) is 0.190. The van der Waals surface area contributed by atoms with Crippen molar-refractivity contribution in [2.45, 2.75) is 0 Å². The number of hydrogen-bond donors (Lipinski definition) is 0. The van der Waals surface area contributed by atoms with Crippen molar-refractivity contribution in [3.63, 3.8) is 0 Å². The third-order valence-electron chi connectivity index (χ3n) is 8.92. The topological polar surface area (TPSA) is 13.1 Å². The molecule has 0 aliphatic carbocycles. The molecule has 2 heteroatoms. The second-order valence-electron chi connectivity index (χ2n) is 11.6. The van der Waals surface area contributed by atoms with Crippen molar-refractivity contribution < 1.29 is 4.42 Å². The summed E-state index contributed by atoms with van der Waals surface area (Å²) in [4.78, 5) is 2.56. The fourth-order valence-corrected chi connectivity index (χ4v) is 8.12. The third kappa shape index (κ3) is 4.38. The lowest BCUT2D eigenvalue weighted by molar-refractivity contribution is 0.670. The molecule has 0 unspecified atom stereocenters. The summed E-state index contributed by atoms with van der Waals surface area (Å²) in [6, 6.07) is 60.8. The standard InChI is InChI=1S/C44H28OS/c1-3-14-29(15-4-1)31-18-11-19-32(28-31)43-37-21-7-8-22-38(37)44(46-43)39-26-12-23-34(41(39)30-16-5-2-6-17-30)36-25-13-24-35-33-20-9-10-27-40(33)45-42(35)36/h1-28H. The molecule has 2 heterocycles. The van der Waals surface area contributed by atoms with Gasteiger partial charge in [-0.3, -0.25) is 0 Å². The Balaban J connectivity index is 1.30. The molecule has 0 aliphatic rings. The molecule has 1 nitrogen and oxygen atoms in total. The second kappa shape index (κ2) is 11.0. The maximum atomic E-state index is 6.56. The van der Waals surface area contributed by atoms with Crippen LogP contribution in [0.3, 0.4) is 0 Å². The summed E-state index contributed by atoms with van der Waals surface area (Å²) in [5.41, 5.74) is 11.4. The van der Waals surface area contributed by atoms with Crippen LogP contribution in [0.15, 0.2) is 174 Å². The Morgan fingerprint density at radius 2 is 0.891 bits per heavy atom. The average Bonchev–Trinajstić information content (AvgIpc) is 3.71. The summed E-state index contributed by atoms with van der Waals surface area (Å²) < 4.78 is 6.56. The predicted octanol–water partition coefficient (Wildman–Crippen LogP) is 13.1. The van der Waals surface area contributed by atoms with E-state index in [-0.39, 0.29) is 0 Å². The van der Waals surface area contributed by atoms with Gasteiger partial charge in [-0.2, -0.15) is 0 Å². The molecule has 0 N–H and O–H groups in total. The highest BCUT2D eigenvalue weighted by molar-refractivity contribution is 7.21. The van der Waals surface area contributed by atoms with Gasteiger partial charge in [0.05, 0.1) is 0 Å². The Kier molecular flexibility index (Phi) is 6.40. The molecular weight excluding hydrogens is 577 g/mol. The minimum Gasteiger partial charge on any atom is -0.455 e. The van der Waals surface area contributed by atoms with Crippen molar-refractivity contribution in [3.8, 4) is 54.3 Å². The molecule has 0 fully saturated rings. The van der Waals surface area contributed by atoms with Crippen molar-refractivity contribution in [3.05, 3.63) is 170 Å². The number of thiophene rings is 1. The van der Waals surface area contributed by atoms with E-state index in [2.05, 4.69) is 164 Å². The van der Waals surface area contributed by atoms with Crippen LogP contribution >= 0.6 is 11.3 Å². The summed E-state index contributed by atoms with van der Waals surface area (Å²) in [5, 5.41) is 4.82. The van der Waals surface area contributed by atoms with Gasteiger partial charge in [-0.05, 0) is 45.5 Å². The van der Waals surface area contributed by atoms with Crippen molar-refractivity contribution in [1.82, 2.24) is 0 Å². The first-order valence-corrected chi connectivity index (χ1v) is 16.4. The summed E-state index contributed by atoms with van der Waals surface area (Å²) in [7, 11) is 0. The van der Waals surface area contributed by atoms with Crippen molar-refractivity contribution in [2.75, 3.05) is 0 Å². The van der Waals surface area contributed by atoms with E-state index < -0.39 is 0 Å². The molecular formula is C44H28OS. The fraction of sp³-hybridized carbons (Fsp3) is 0. The number of fused-ring (bicyclic) bond motifs is 4. The van der Waals surface area contributed by atoms with Crippen LogP contribution in [-0.4, -0.2) is 0 Å². The first kappa shape index (κ1) is 26.7. The molecule has 216 valence electrons. The summed E-state index contributed by atoms with van der Waals surface area (Å²) in [6.07, 6.45) is 0. The van der Waals surface area contributed by atoms with E-state index in [1.54, 1.807) is 0 Å². The van der Waals surface area contributed by atoms with Crippen LogP contribution in [-0.2, 0) is 0 Å². The maximum absolute atomic E-state index is 6.56. The Morgan fingerprint density at radius 3 is 1.70 bits per heavy atom. The average molecular weight is 605 g/mol. The molecule has 0 saturated heterocycles. The van der Waals surface area contributed by atoms with Crippen LogP contribution in [0, 0.1) is 0 Å². The van der Waals surface area contributed by atoms with Gasteiger partial charge in [-0.25, -0.2) is 0 Å². The van der Waals surface area contributed by atoms with Gasteiger partial charge < -0.3 is 4.42 Å². The molecule has 7 aromatic carbocycles. The van der Waals surface area contributed by atoms with E-state index >= 15 is 0 Å². The van der Waals surface area contributed by atoms with E-state index in [9.17, 15) is 0 Å². The molecule has 0 spiro atoms. The third-order valence-corrected chi connectivity index (χ3v) is 10.2. The number of furan rings is 1. The van der Waals surface area contributed by atoms with E-state index in [0.29, 0.717) is 0 Å². The smallest absolute Gasteiger partial charge is 0.143 e. The van der Waals surface area contributed by atoms with E-state index in [1.807, 2.05) is 17.4 Å². The molecule has 9 rings (SSSR count). The molecule has 46 heavy (non-hydrogen) atoms. The molecule has 0 bridgehead atoms. The Labute approximate surface area is 271 Å². The van der Waals surface area contributed by atoms with Gasteiger partial charge in [0.25, 0.3) is 0 Å². The highest BCUT2D eigenvalue weighted by Gasteiger charge is 2.22. The van der Waals surface area contributed by atoms with E-state index in [1.165, 1.54) is 59.5 Å². The van der Waals surface area contributed by atoms with Gasteiger partial charge in [-0.1, -0.05) is 158 Å². The summed E-state index contributed by atoms with van der Waals surface area (Å²) >= 11 is 1.88. The maximum Gasteiger partial charge on any atom is 0.143 e. The lowest BCUT2D eigenvalue weighted by Gasteiger charge is -2.16. The first-order valence-electron chi connectivity index (χ1n) is 15.6. The molecule has 9 aromatic rings. The van der Waals surface area contributed by atoms with Crippen LogP contribution < -0.4 is 0 Å². The minimum atomic E-state index is 0.911. The molecule has 2 aromatic heterocycles. The molecule has 0 aliphatic heterocycles. The predicted molar refractivity (Wildman–Crippen MR) is 196 cm³/mol. The fourth-order valence-electron chi connectivity index (χ4n) is 6.82. The largest absolute Gasteiger partial charge is 0.455 e. The number of rotatable bonds is 5. The van der Waals surface area contributed by atoms with Crippen LogP contribution in [0.25, 0.3) is 87.0 Å². The van der Waals surface area contributed by atoms with Gasteiger partial charge in [0.2, 0.25) is 0 Å². The van der Waals surface area contributed by atoms with Crippen LogP contribution in [0.1, 0.15) is 0 Å². The van der Waals surface area contributed by atoms with Crippen LogP contribution in [0.2, 0.25) is 0 Å². The Hall–Kier alpha value is -5.70. The zero-order valence-electron chi connectivity index (χ0n) is 25.0. The monoisotopic (exact) mass is 604 g/mol. The number of benzene rings is 7. The zero-order valence-corrected chi connectivity index (χ0v) is 25.8. The summed E-state index contributed by atoms with van der Waals surface area (Å²) in [5.74, 6) is 0. The summed E-state index contributed by atoms with van der Waals surface area (Å²) in [6.45, 7) is 0. The van der Waals surface area contributed by atoms with Gasteiger partial charge >= 0.3 is 0 Å². The van der Waals surface area contributed by atoms with Crippen molar-refractivity contribution in [2.24, 2.45) is 0 Å². The molecule has 0 amide bonds. The lowest BCUT2D eigenvalue weighted by Crippen LogP contribution is -1.90. The van der Waals surface area contributed by atoms with Gasteiger partial charge in [-0.15, -0.1) is 11.3 Å². The van der Waals surface area contributed by atoms with Crippen molar-refractivity contribution in [1.29, 1.82) is 0 Å². The molecule has 0 radical (unpaired) electrons. The number of hydrogen-bond acceptors (Lipinski definition) is 2. The van der Waals surface area contributed by atoms with Gasteiger partial charge in [0.15, 0.2) is 0 Å². The first-order chi connectivity index (χ1) is 22.8. The minimum absolute atomic E-state index is 0.911. The van der Waals surface area contributed by atoms with Crippen LogP contribution in [0.4, 0.5) is 0 Å². The van der Waals surface area contributed by atoms with Crippen molar-refractivity contribution >= 4 is 44.0 Å². The van der Waals surface area contributed by atoms with Gasteiger partial charge in [0, 0.05) is 42.4 Å². The Bertz CT molecular complexity index is 2520. The lowest BCUT2D eigenvalue weighted by atomic mass is 9.88. The zero-order chi connectivity index (χ0) is 30.5. The number of para-hydroxylation sites is 2. The van der Waals surface area contributed by atoms with E-state index in [0.717, 1.165) is 27.5 Å². The van der Waals surface area contributed by atoms with Crippen LogP contribution in [0.5, 0.6) is 0 Å². The Morgan fingerprint density at radius 1 is 0.348 bits per heavy atom. The molecule has 0 saturated carbocycles. The second-order valence-corrected chi connectivity index (χ2v) is 12.6. The van der Waals surface area contributed by atoms with Gasteiger partial charge in [0.1, 0.15) is 11.2 Å². The highest BCUT2D eigenvalue weighted by atomic mass is 32.1. The van der Waals surface area contributed by atoms with E-state index in [4.69, 9.17) is 4.42 Å².